The largest absolute Gasteiger partial charge is 0.339 e. The molecule has 1 fully saturated rings. The molecule has 0 bridgehead atoms. The number of aromatic nitrogens is 2. The average molecular weight is 206 g/mol. The van der Waals surface area contributed by atoms with Gasteiger partial charge < -0.3 is 10.6 Å². The van der Waals surface area contributed by atoms with Crippen LogP contribution in [0.2, 0.25) is 0 Å². The maximum atomic E-state index is 5.84. The number of hydrogen-bond donors (Lipinski definition) is 1. The zero-order valence-electron chi connectivity index (χ0n) is 9.19. The summed E-state index contributed by atoms with van der Waals surface area (Å²) in [6, 6.07) is 0.281. The van der Waals surface area contributed by atoms with Crippen LogP contribution in [0.15, 0.2) is 12.4 Å². The fraction of sp³-hybridized carbons (Fsp3) is 0.636. The summed E-state index contributed by atoms with van der Waals surface area (Å²) in [6.07, 6.45) is 7.09. The van der Waals surface area contributed by atoms with E-state index in [0.717, 1.165) is 38.3 Å². The van der Waals surface area contributed by atoms with Crippen LogP contribution in [-0.4, -0.2) is 29.1 Å². The SMILES string of the molecule is CCCc1cnc(N2CCC(N)C2)nc1. The van der Waals surface area contributed by atoms with Gasteiger partial charge in [-0.25, -0.2) is 9.97 Å². The predicted molar refractivity (Wildman–Crippen MR) is 60.8 cm³/mol. The lowest BCUT2D eigenvalue weighted by Crippen LogP contribution is -2.27. The molecule has 0 aromatic carbocycles. The first-order valence-corrected chi connectivity index (χ1v) is 5.61. The molecule has 2 rings (SSSR count). The van der Waals surface area contributed by atoms with E-state index in [4.69, 9.17) is 5.73 Å². The molecule has 2 N–H and O–H groups in total. The fourth-order valence-corrected chi connectivity index (χ4v) is 1.90. The molecule has 1 aromatic rings. The minimum atomic E-state index is 0.281. The van der Waals surface area contributed by atoms with Crippen molar-refractivity contribution in [3.63, 3.8) is 0 Å². The monoisotopic (exact) mass is 206 g/mol. The molecule has 82 valence electrons. The standard InChI is InChI=1S/C11H18N4/c1-2-3-9-6-13-11(14-7-9)15-5-4-10(12)8-15/h6-7,10H,2-5,8,12H2,1H3. The smallest absolute Gasteiger partial charge is 0.225 e. The van der Waals surface area contributed by atoms with Crippen molar-refractivity contribution in [1.82, 2.24) is 9.97 Å². The Labute approximate surface area is 90.5 Å². The lowest BCUT2D eigenvalue weighted by atomic mass is 10.2. The number of hydrogen-bond acceptors (Lipinski definition) is 4. The predicted octanol–water partition coefficient (Wildman–Crippen LogP) is 0.967. The van der Waals surface area contributed by atoms with Gasteiger partial charge in [-0.1, -0.05) is 13.3 Å². The highest BCUT2D eigenvalue weighted by Gasteiger charge is 2.20. The van der Waals surface area contributed by atoms with E-state index in [1.54, 1.807) is 0 Å². The average Bonchev–Trinajstić information content (AvgIpc) is 2.67. The van der Waals surface area contributed by atoms with E-state index in [0.29, 0.717) is 0 Å². The molecule has 0 saturated carbocycles. The molecular formula is C11H18N4. The van der Waals surface area contributed by atoms with Crippen LogP contribution in [-0.2, 0) is 6.42 Å². The molecule has 0 radical (unpaired) electrons. The minimum Gasteiger partial charge on any atom is -0.339 e. The minimum absolute atomic E-state index is 0.281. The summed E-state index contributed by atoms with van der Waals surface area (Å²) in [5, 5.41) is 0. The highest BCUT2D eigenvalue weighted by molar-refractivity contribution is 5.32. The Kier molecular flexibility index (Phi) is 3.16. The summed E-state index contributed by atoms with van der Waals surface area (Å²) >= 11 is 0. The molecule has 0 amide bonds. The van der Waals surface area contributed by atoms with Gasteiger partial charge in [0.1, 0.15) is 0 Å². The maximum absolute atomic E-state index is 5.84. The third-order valence-electron chi connectivity index (χ3n) is 2.74. The first-order chi connectivity index (χ1) is 7.29. The van der Waals surface area contributed by atoms with Crippen molar-refractivity contribution in [3.8, 4) is 0 Å². The van der Waals surface area contributed by atoms with Crippen LogP contribution in [0.25, 0.3) is 0 Å². The first kappa shape index (κ1) is 10.4. The van der Waals surface area contributed by atoms with Crippen molar-refractivity contribution in [1.29, 1.82) is 0 Å². The highest BCUT2D eigenvalue weighted by atomic mass is 15.3. The summed E-state index contributed by atoms with van der Waals surface area (Å²) in [6.45, 7) is 4.02. The van der Waals surface area contributed by atoms with Crippen molar-refractivity contribution < 1.29 is 0 Å². The summed E-state index contributed by atoms with van der Waals surface area (Å²) in [7, 11) is 0. The van der Waals surface area contributed by atoms with Gasteiger partial charge in [0, 0.05) is 31.5 Å². The van der Waals surface area contributed by atoms with E-state index < -0.39 is 0 Å². The zero-order valence-corrected chi connectivity index (χ0v) is 9.19. The Morgan fingerprint density at radius 1 is 1.47 bits per heavy atom. The van der Waals surface area contributed by atoms with Crippen LogP contribution in [0.1, 0.15) is 25.3 Å². The first-order valence-electron chi connectivity index (χ1n) is 5.61. The van der Waals surface area contributed by atoms with E-state index in [1.165, 1.54) is 5.56 Å². The van der Waals surface area contributed by atoms with Crippen LogP contribution in [0, 0.1) is 0 Å². The van der Waals surface area contributed by atoms with Crippen LogP contribution >= 0.6 is 0 Å². The topological polar surface area (TPSA) is 55.0 Å². The molecule has 1 unspecified atom stereocenters. The summed E-state index contributed by atoms with van der Waals surface area (Å²) in [5.74, 6) is 0.822. The van der Waals surface area contributed by atoms with Crippen molar-refractivity contribution in [2.45, 2.75) is 32.2 Å². The Bertz CT molecular complexity index is 309. The second-order valence-electron chi connectivity index (χ2n) is 4.14. The second-order valence-corrected chi connectivity index (χ2v) is 4.14. The van der Waals surface area contributed by atoms with E-state index in [-0.39, 0.29) is 6.04 Å². The summed E-state index contributed by atoms with van der Waals surface area (Å²) < 4.78 is 0. The van der Waals surface area contributed by atoms with Crippen LogP contribution in [0.3, 0.4) is 0 Å². The van der Waals surface area contributed by atoms with E-state index in [1.807, 2.05) is 12.4 Å². The van der Waals surface area contributed by atoms with Gasteiger partial charge in [-0.2, -0.15) is 0 Å². The van der Waals surface area contributed by atoms with Crippen LogP contribution in [0.4, 0.5) is 5.95 Å². The Morgan fingerprint density at radius 3 is 2.73 bits per heavy atom. The lowest BCUT2D eigenvalue weighted by Gasteiger charge is -2.15. The highest BCUT2D eigenvalue weighted by Crippen LogP contribution is 2.14. The third-order valence-corrected chi connectivity index (χ3v) is 2.74. The van der Waals surface area contributed by atoms with E-state index in [2.05, 4.69) is 21.8 Å². The molecule has 1 atom stereocenters. The van der Waals surface area contributed by atoms with Gasteiger partial charge in [-0.15, -0.1) is 0 Å². The molecule has 0 aliphatic carbocycles. The van der Waals surface area contributed by atoms with Gasteiger partial charge in [0.15, 0.2) is 0 Å². The number of nitrogens with two attached hydrogens (primary N) is 1. The summed E-state index contributed by atoms with van der Waals surface area (Å²) in [5.41, 5.74) is 7.06. The van der Waals surface area contributed by atoms with Gasteiger partial charge in [-0.3, -0.25) is 0 Å². The van der Waals surface area contributed by atoms with Gasteiger partial charge in [0.2, 0.25) is 5.95 Å². The maximum Gasteiger partial charge on any atom is 0.225 e. The van der Waals surface area contributed by atoms with Gasteiger partial charge in [0.25, 0.3) is 0 Å². The fourth-order valence-electron chi connectivity index (χ4n) is 1.90. The lowest BCUT2D eigenvalue weighted by molar-refractivity contribution is 0.750. The van der Waals surface area contributed by atoms with Gasteiger partial charge in [0.05, 0.1) is 0 Å². The van der Waals surface area contributed by atoms with E-state index in [9.17, 15) is 0 Å². The number of nitrogens with zero attached hydrogens (tertiary/aromatic N) is 3. The molecule has 1 saturated heterocycles. The molecule has 1 aromatic heterocycles. The van der Waals surface area contributed by atoms with Crippen molar-refractivity contribution in [2.75, 3.05) is 18.0 Å². The van der Waals surface area contributed by atoms with Gasteiger partial charge in [-0.05, 0) is 18.4 Å². The molecule has 1 aliphatic heterocycles. The molecule has 4 heteroatoms. The van der Waals surface area contributed by atoms with Crippen LogP contribution < -0.4 is 10.6 Å². The van der Waals surface area contributed by atoms with E-state index >= 15 is 0 Å². The molecule has 1 aliphatic rings. The summed E-state index contributed by atoms with van der Waals surface area (Å²) in [4.78, 5) is 10.9. The molecule has 4 nitrogen and oxygen atoms in total. The molecule has 0 spiro atoms. The quantitative estimate of drug-likeness (QED) is 0.800. The van der Waals surface area contributed by atoms with Crippen molar-refractivity contribution >= 4 is 5.95 Å². The normalized spacial score (nSPS) is 20.9. The van der Waals surface area contributed by atoms with Gasteiger partial charge >= 0.3 is 0 Å². The molecule has 15 heavy (non-hydrogen) atoms. The number of aryl methyl sites for hydroxylation is 1. The van der Waals surface area contributed by atoms with Crippen molar-refractivity contribution in [3.05, 3.63) is 18.0 Å². The third kappa shape index (κ3) is 2.45. The molecular weight excluding hydrogens is 188 g/mol. The molecule has 2 heterocycles. The number of anilines is 1. The Hall–Kier alpha value is -1.16. The zero-order chi connectivity index (χ0) is 10.7. The van der Waals surface area contributed by atoms with Crippen LogP contribution in [0.5, 0.6) is 0 Å². The van der Waals surface area contributed by atoms with Crippen molar-refractivity contribution in [2.24, 2.45) is 5.73 Å². The Balaban J connectivity index is 2.03. The number of rotatable bonds is 3. The second kappa shape index (κ2) is 4.57. The Morgan fingerprint density at radius 2 is 2.20 bits per heavy atom.